The minimum atomic E-state index is -0.260. The van der Waals surface area contributed by atoms with Gasteiger partial charge in [-0.3, -0.25) is 19.0 Å². The zero-order chi connectivity index (χ0) is 24.8. The molecule has 178 valence electrons. The van der Waals surface area contributed by atoms with Crippen molar-refractivity contribution < 1.29 is 0 Å². The van der Waals surface area contributed by atoms with Crippen LogP contribution < -0.4 is 11.0 Å². The Bertz CT molecular complexity index is 1670. The average Bonchev–Trinajstić information content (AvgIpc) is 2.80. The SMILES string of the molecule is CC(C)(C)N=c1c2ccccc2n2c(=NC(C)(C)C)c3ccccc3nc2n1Cc1ccccc1. The summed E-state index contributed by atoms with van der Waals surface area (Å²) in [6.07, 6.45) is 0. The van der Waals surface area contributed by atoms with Crippen LogP contribution in [0.2, 0.25) is 0 Å². The van der Waals surface area contributed by atoms with Gasteiger partial charge in [-0.1, -0.05) is 54.6 Å². The molecule has 0 unspecified atom stereocenters. The van der Waals surface area contributed by atoms with Crippen molar-refractivity contribution in [2.45, 2.75) is 59.2 Å². The van der Waals surface area contributed by atoms with Gasteiger partial charge >= 0.3 is 0 Å². The van der Waals surface area contributed by atoms with Crippen molar-refractivity contribution in [3.63, 3.8) is 0 Å². The van der Waals surface area contributed by atoms with Gasteiger partial charge in [-0.15, -0.1) is 0 Å². The maximum atomic E-state index is 5.23. The Labute approximate surface area is 206 Å². The highest BCUT2D eigenvalue weighted by molar-refractivity contribution is 5.84. The van der Waals surface area contributed by atoms with Crippen molar-refractivity contribution in [3.05, 3.63) is 95.4 Å². The summed E-state index contributed by atoms with van der Waals surface area (Å²) in [6.45, 7) is 13.5. The predicted octanol–water partition coefficient (Wildman–Crippen LogP) is 5.89. The monoisotopic (exact) mass is 463 g/mol. The van der Waals surface area contributed by atoms with Gasteiger partial charge in [-0.2, -0.15) is 0 Å². The molecule has 35 heavy (non-hydrogen) atoms. The molecular formula is C30H33N5. The zero-order valence-electron chi connectivity index (χ0n) is 21.4. The van der Waals surface area contributed by atoms with E-state index in [1.807, 2.05) is 12.1 Å². The third kappa shape index (κ3) is 4.63. The summed E-state index contributed by atoms with van der Waals surface area (Å²) in [4.78, 5) is 15.7. The molecule has 3 aromatic carbocycles. The average molecular weight is 464 g/mol. The molecule has 0 aliphatic carbocycles. The van der Waals surface area contributed by atoms with E-state index in [1.54, 1.807) is 0 Å². The van der Waals surface area contributed by atoms with Crippen LogP contribution >= 0.6 is 0 Å². The molecule has 0 N–H and O–H groups in total. The van der Waals surface area contributed by atoms with Crippen molar-refractivity contribution in [1.29, 1.82) is 0 Å². The van der Waals surface area contributed by atoms with E-state index in [4.69, 9.17) is 15.0 Å². The van der Waals surface area contributed by atoms with Crippen LogP contribution in [0.15, 0.2) is 88.8 Å². The van der Waals surface area contributed by atoms with Crippen molar-refractivity contribution in [2.24, 2.45) is 9.98 Å². The molecule has 2 heterocycles. The van der Waals surface area contributed by atoms with E-state index in [9.17, 15) is 0 Å². The van der Waals surface area contributed by atoms with Crippen LogP contribution in [0.25, 0.3) is 27.6 Å². The number of fused-ring (bicyclic) bond motifs is 4. The first-order chi connectivity index (χ1) is 16.6. The van der Waals surface area contributed by atoms with Gasteiger partial charge in [0.05, 0.1) is 28.7 Å². The summed E-state index contributed by atoms with van der Waals surface area (Å²) in [5, 5.41) is 2.12. The van der Waals surface area contributed by atoms with Gasteiger partial charge in [0.25, 0.3) is 0 Å². The molecule has 0 amide bonds. The van der Waals surface area contributed by atoms with E-state index in [0.29, 0.717) is 6.54 Å². The Morgan fingerprint density at radius 3 is 1.91 bits per heavy atom. The van der Waals surface area contributed by atoms with Crippen molar-refractivity contribution in [1.82, 2.24) is 14.0 Å². The Morgan fingerprint density at radius 2 is 1.23 bits per heavy atom. The van der Waals surface area contributed by atoms with Crippen LogP contribution in [0, 0.1) is 0 Å². The highest BCUT2D eigenvalue weighted by Gasteiger charge is 2.18. The molecule has 0 saturated heterocycles. The lowest BCUT2D eigenvalue weighted by Gasteiger charge is -2.21. The molecule has 0 aliphatic heterocycles. The molecule has 5 nitrogen and oxygen atoms in total. The lowest BCUT2D eigenvalue weighted by atomic mass is 10.1. The third-order valence-corrected chi connectivity index (χ3v) is 5.73. The molecule has 0 radical (unpaired) electrons. The molecule has 5 heteroatoms. The fraction of sp³-hybridized carbons (Fsp3) is 0.300. The zero-order valence-corrected chi connectivity index (χ0v) is 21.4. The Balaban J connectivity index is 2.10. The summed E-state index contributed by atoms with van der Waals surface area (Å²) < 4.78 is 4.46. The molecule has 5 aromatic rings. The molecule has 0 spiro atoms. The second kappa shape index (κ2) is 8.49. The van der Waals surface area contributed by atoms with Gasteiger partial charge in [0.2, 0.25) is 5.78 Å². The van der Waals surface area contributed by atoms with Crippen molar-refractivity contribution in [3.8, 4) is 0 Å². The minimum Gasteiger partial charge on any atom is -0.291 e. The smallest absolute Gasteiger partial charge is 0.218 e. The lowest BCUT2D eigenvalue weighted by molar-refractivity contribution is 0.548. The number of benzene rings is 3. The van der Waals surface area contributed by atoms with E-state index in [1.165, 1.54) is 5.56 Å². The molecular weight excluding hydrogens is 430 g/mol. The Morgan fingerprint density at radius 1 is 0.657 bits per heavy atom. The number of para-hydroxylation sites is 2. The van der Waals surface area contributed by atoms with E-state index in [-0.39, 0.29) is 11.1 Å². The number of rotatable bonds is 2. The van der Waals surface area contributed by atoms with Crippen LogP contribution in [0.1, 0.15) is 47.1 Å². The third-order valence-electron chi connectivity index (χ3n) is 5.73. The van der Waals surface area contributed by atoms with Crippen LogP contribution in [-0.4, -0.2) is 25.0 Å². The summed E-state index contributed by atoms with van der Waals surface area (Å²) in [6, 6.07) is 27.3. The first-order valence-corrected chi connectivity index (χ1v) is 12.2. The highest BCUT2D eigenvalue weighted by Crippen LogP contribution is 2.18. The molecule has 0 aliphatic rings. The highest BCUT2D eigenvalue weighted by atomic mass is 15.2. The van der Waals surface area contributed by atoms with Crippen LogP contribution in [-0.2, 0) is 6.54 Å². The standard InChI is InChI=1S/C30H33N5/c1-29(2,3)32-26-23-17-11-13-19-25(23)35-27(33-30(4,5)6)22-16-10-12-18-24(22)31-28(35)34(26)20-21-14-8-7-9-15-21/h7-19H,20H2,1-6H3. The molecule has 2 aromatic heterocycles. The van der Waals surface area contributed by atoms with Gasteiger partial charge in [0.1, 0.15) is 11.0 Å². The minimum absolute atomic E-state index is 0.255. The molecule has 0 bridgehead atoms. The second-order valence-electron chi connectivity index (χ2n) is 11.1. The summed E-state index contributed by atoms with van der Waals surface area (Å²) in [5.41, 5.74) is 4.51. The first-order valence-electron chi connectivity index (χ1n) is 12.2. The van der Waals surface area contributed by atoms with E-state index in [2.05, 4.69) is 117 Å². The quantitative estimate of drug-likeness (QED) is 0.238. The number of nitrogens with zero attached hydrogens (tertiary/aromatic N) is 5. The maximum absolute atomic E-state index is 5.23. The van der Waals surface area contributed by atoms with Gasteiger partial charge < -0.3 is 0 Å². The number of aromatic nitrogens is 3. The van der Waals surface area contributed by atoms with Crippen LogP contribution in [0.5, 0.6) is 0 Å². The molecule has 0 atom stereocenters. The van der Waals surface area contributed by atoms with Crippen molar-refractivity contribution in [2.75, 3.05) is 0 Å². The normalized spacial score (nSPS) is 13.9. The number of hydrogen-bond donors (Lipinski definition) is 0. The van der Waals surface area contributed by atoms with Gasteiger partial charge in [-0.05, 0) is 71.4 Å². The van der Waals surface area contributed by atoms with Crippen LogP contribution in [0.4, 0.5) is 0 Å². The summed E-state index contributed by atoms with van der Waals surface area (Å²) in [5.74, 6) is 0.831. The maximum Gasteiger partial charge on any atom is 0.218 e. The molecule has 5 rings (SSSR count). The Kier molecular flexibility index (Phi) is 5.59. The molecule has 0 fully saturated rings. The second-order valence-corrected chi connectivity index (χ2v) is 11.1. The molecule has 0 saturated carbocycles. The summed E-state index contributed by atoms with van der Waals surface area (Å²) >= 11 is 0. The fourth-order valence-electron chi connectivity index (χ4n) is 4.41. The van der Waals surface area contributed by atoms with Gasteiger partial charge in [-0.25, -0.2) is 4.98 Å². The van der Waals surface area contributed by atoms with E-state index >= 15 is 0 Å². The van der Waals surface area contributed by atoms with E-state index in [0.717, 1.165) is 38.6 Å². The van der Waals surface area contributed by atoms with Crippen molar-refractivity contribution >= 4 is 27.6 Å². The topological polar surface area (TPSA) is 46.9 Å². The number of hydrogen-bond acceptors (Lipinski definition) is 3. The van der Waals surface area contributed by atoms with Gasteiger partial charge in [0.15, 0.2) is 0 Å². The Hall–Kier alpha value is -3.73. The lowest BCUT2D eigenvalue weighted by Crippen LogP contribution is -2.34. The van der Waals surface area contributed by atoms with Gasteiger partial charge in [0, 0.05) is 10.8 Å². The predicted molar refractivity (Wildman–Crippen MR) is 144 cm³/mol. The van der Waals surface area contributed by atoms with Crippen LogP contribution in [0.3, 0.4) is 0 Å². The van der Waals surface area contributed by atoms with E-state index < -0.39 is 0 Å². The first kappa shape index (κ1) is 23.0. The largest absolute Gasteiger partial charge is 0.291 e. The summed E-state index contributed by atoms with van der Waals surface area (Å²) in [7, 11) is 0. The fourth-order valence-corrected chi connectivity index (χ4v) is 4.41.